The summed E-state index contributed by atoms with van der Waals surface area (Å²) in [5.41, 5.74) is 3.31. The lowest BCUT2D eigenvalue weighted by molar-refractivity contribution is 0.102. The third-order valence-corrected chi connectivity index (χ3v) is 4.07. The highest BCUT2D eigenvalue weighted by molar-refractivity contribution is 6.05. The van der Waals surface area contributed by atoms with E-state index >= 15 is 0 Å². The van der Waals surface area contributed by atoms with Gasteiger partial charge in [-0.05, 0) is 31.2 Å². The summed E-state index contributed by atoms with van der Waals surface area (Å²) >= 11 is 0. The Morgan fingerprint density at radius 3 is 2.81 bits per heavy atom. The van der Waals surface area contributed by atoms with Crippen molar-refractivity contribution < 1.29 is 9.53 Å². The van der Waals surface area contributed by atoms with Crippen molar-refractivity contribution >= 4 is 17.2 Å². The monoisotopic (exact) mass is 363 g/mol. The predicted octanol–water partition coefficient (Wildman–Crippen LogP) is 2.09. The Balaban J connectivity index is 1.63. The van der Waals surface area contributed by atoms with E-state index in [4.69, 9.17) is 4.74 Å². The highest BCUT2D eigenvalue weighted by Gasteiger charge is 2.16. The fraction of sp³-hybridized carbons (Fsp3) is 0.167. The van der Waals surface area contributed by atoms with Crippen LogP contribution in [0.5, 0.6) is 5.88 Å². The first-order valence-electron chi connectivity index (χ1n) is 8.23. The van der Waals surface area contributed by atoms with Gasteiger partial charge in [0, 0.05) is 24.5 Å². The number of anilines is 1. The Kier molecular flexibility index (Phi) is 4.03. The van der Waals surface area contributed by atoms with E-state index < -0.39 is 0 Å². The maximum atomic E-state index is 12.6. The third-order valence-electron chi connectivity index (χ3n) is 4.07. The van der Waals surface area contributed by atoms with Crippen LogP contribution in [0.4, 0.5) is 5.69 Å². The number of ether oxygens (including phenoxy) is 1. The number of rotatable bonds is 4. The molecule has 9 nitrogen and oxygen atoms in total. The van der Waals surface area contributed by atoms with Crippen LogP contribution in [-0.2, 0) is 7.05 Å². The Bertz CT molecular complexity index is 1150. The first kappa shape index (κ1) is 16.7. The van der Waals surface area contributed by atoms with Gasteiger partial charge in [0.05, 0.1) is 12.8 Å². The largest absolute Gasteiger partial charge is 0.479 e. The van der Waals surface area contributed by atoms with Gasteiger partial charge in [-0.3, -0.25) is 9.48 Å². The van der Waals surface area contributed by atoms with Gasteiger partial charge in [-0.25, -0.2) is 0 Å². The van der Waals surface area contributed by atoms with Crippen LogP contribution in [0.1, 0.15) is 16.2 Å². The number of fused-ring (bicyclic) bond motifs is 1. The zero-order chi connectivity index (χ0) is 19.0. The minimum absolute atomic E-state index is 0.279. The normalized spacial score (nSPS) is 10.9. The third kappa shape index (κ3) is 3.10. The number of hydrogen-bond acceptors (Lipinski definition) is 6. The Labute approximate surface area is 154 Å². The number of carbonyl (C=O) groups excluding carboxylic acids is 1. The minimum atomic E-state index is -0.296. The van der Waals surface area contributed by atoms with Gasteiger partial charge in [-0.15, -0.1) is 15.3 Å². The lowest BCUT2D eigenvalue weighted by Gasteiger charge is -2.07. The lowest BCUT2D eigenvalue weighted by atomic mass is 10.1. The molecule has 1 amide bonds. The molecule has 0 fully saturated rings. The Morgan fingerprint density at radius 1 is 1.15 bits per heavy atom. The second kappa shape index (κ2) is 6.52. The molecular formula is C18H17N7O2. The first-order chi connectivity index (χ1) is 13.0. The molecule has 1 aromatic carbocycles. The fourth-order valence-electron chi connectivity index (χ4n) is 2.78. The van der Waals surface area contributed by atoms with Crippen molar-refractivity contribution in [1.82, 2.24) is 29.6 Å². The molecule has 0 aliphatic rings. The number of nitrogens with one attached hydrogen (secondary N) is 1. The molecule has 0 aliphatic carbocycles. The topological polar surface area (TPSA) is 99.2 Å². The summed E-state index contributed by atoms with van der Waals surface area (Å²) in [5.74, 6) is 0.691. The predicted molar refractivity (Wildman–Crippen MR) is 98.7 cm³/mol. The van der Waals surface area contributed by atoms with E-state index in [0.29, 0.717) is 22.7 Å². The van der Waals surface area contributed by atoms with E-state index in [0.717, 1.165) is 11.3 Å². The number of methoxy groups -OCH3 is 1. The summed E-state index contributed by atoms with van der Waals surface area (Å²) < 4.78 is 8.36. The van der Waals surface area contributed by atoms with Crippen molar-refractivity contribution in [3.8, 4) is 17.1 Å². The highest BCUT2D eigenvalue weighted by Crippen LogP contribution is 2.23. The van der Waals surface area contributed by atoms with Crippen molar-refractivity contribution in [2.24, 2.45) is 7.05 Å². The molecule has 136 valence electrons. The molecule has 4 aromatic rings. The van der Waals surface area contributed by atoms with E-state index in [2.05, 4.69) is 25.7 Å². The molecule has 0 saturated carbocycles. The van der Waals surface area contributed by atoms with Crippen molar-refractivity contribution in [2.45, 2.75) is 6.92 Å². The molecule has 0 saturated heterocycles. The van der Waals surface area contributed by atoms with E-state index in [1.54, 1.807) is 17.8 Å². The second-order valence-electron chi connectivity index (χ2n) is 6.00. The van der Waals surface area contributed by atoms with Crippen LogP contribution in [0.15, 0.2) is 42.6 Å². The van der Waals surface area contributed by atoms with Crippen LogP contribution in [0.3, 0.4) is 0 Å². The maximum absolute atomic E-state index is 12.6. The average Bonchev–Trinajstić information content (AvgIpc) is 3.24. The number of benzene rings is 1. The van der Waals surface area contributed by atoms with Gasteiger partial charge in [0.15, 0.2) is 11.5 Å². The number of nitrogens with zero attached hydrogens (tertiary/aromatic N) is 6. The van der Waals surface area contributed by atoms with Gasteiger partial charge in [-0.1, -0.05) is 12.1 Å². The molecule has 27 heavy (non-hydrogen) atoms. The Hall–Kier alpha value is -3.75. The summed E-state index contributed by atoms with van der Waals surface area (Å²) in [4.78, 5) is 12.6. The Morgan fingerprint density at radius 2 is 2.00 bits per heavy atom. The molecule has 0 bridgehead atoms. The van der Waals surface area contributed by atoms with Crippen molar-refractivity contribution in [3.05, 3.63) is 54.0 Å². The van der Waals surface area contributed by atoms with E-state index in [9.17, 15) is 4.79 Å². The molecule has 4 rings (SSSR count). The quantitative estimate of drug-likeness (QED) is 0.596. The summed E-state index contributed by atoms with van der Waals surface area (Å²) in [6.45, 7) is 1.84. The molecule has 0 radical (unpaired) electrons. The number of carbonyl (C=O) groups is 1. The number of aryl methyl sites for hydroxylation is 2. The zero-order valence-corrected chi connectivity index (χ0v) is 15.0. The first-order valence-corrected chi connectivity index (χ1v) is 8.23. The van der Waals surface area contributed by atoms with E-state index in [1.807, 2.05) is 43.3 Å². The molecule has 0 unspecified atom stereocenters. The molecule has 3 heterocycles. The van der Waals surface area contributed by atoms with Crippen molar-refractivity contribution in [2.75, 3.05) is 12.4 Å². The summed E-state index contributed by atoms with van der Waals surface area (Å²) in [6.07, 6.45) is 1.61. The van der Waals surface area contributed by atoms with Crippen molar-refractivity contribution in [1.29, 1.82) is 0 Å². The van der Waals surface area contributed by atoms with Gasteiger partial charge >= 0.3 is 0 Å². The summed E-state index contributed by atoms with van der Waals surface area (Å²) in [7, 11) is 3.21. The van der Waals surface area contributed by atoms with Crippen molar-refractivity contribution in [3.63, 3.8) is 0 Å². The zero-order valence-electron chi connectivity index (χ0n) is 15.0. The SMILES string of the molecule is COc1nn(C)cc1C(=O)Nc1cccc(-c2ccc3nnc(C)n3n2)c1. The molecular weight excluding hydrogens is 346 g/mol. The van der Waals surface area contributed by atoms with E-state index in [-0.39, 0.29) is 11.8 Å². The summed E-state index contributed by atoms with van der Waals surface area (Å²) in [5, 5.41) is 19.6. The van der Waals surface area contributed by atoms with Gasteiger partial charge in [0.1, 0.15) is 5.56 Å². The van der Waals surface area contributed by atoms with Crippen LogP contribution < -0.4 is 10.1 Å². The fourth-order valence-corrected chi connectivity index (χ4v) is 2.78. The molecule has 9 heteroatoms. The van der Waals surface area contributed by atoms with Crippen LogP contribution in [0, 0.1) is 6.92 Å². The van der Waals surface area contributed by atoms with Gasteiger partial charge < -0.3 is 10.1 Å². The summed E-state index contributed by atoms with van der Waals surface area (Å²) in [6, 6.07) is 11.2. The molecule has 0 spiro atoms. The highest BCUT2D eigenvalue weighted by atomic mass is 16.5. The van der Waals surface area contributed by atoms with E-state index in [1.165, 1.54) is 11.8 Å². The van der Waals surface area contributed by atoms with Crippen LogP contribution in [0.25, 0.3) is 16.9 Å². The maximum Gasteiger partial charge on any atom is 0.262 e. The molecule has 0 aliphatic heterocycles. The minimum Gasteiger partial charge on any atom is -0.479 e. The average molecular weight is 363 g/mol. The smallest absolute Gasteiger partial charge is 0.262 e. The molecule has 1 N–H and O–H groups in total. The van der Waals surface area contributed by atoms with Gasteiger partial charge in [0.25, 0.3) is 5.91 Å². The number of amides is 1. The number of aromatic nitrogens is 6. The molecule has 0 atom stereocenters. The van der Waals surface area contributed by atoms with Crippen LogP contribution >= 0.6 is 0 Å². The second-order valence-corrected chi connectivity index (χ2v) is 6.00. The van der Waals surface area contributed by atoms with Crippen LogP contribution in [0.2, 0.25) is 0 Å². The molecule has 3 aromatic heterocycles. The number of hydrogen-bond donors (Lipinski definition) is 1. The van der Waals surface area contributed by atoms with Gasteiger partial charge in [-0.2, -0.15) is 9.61 Å². The van der Waals surface area contributed by atoms with Gasteiger partial charge in [0.2, 0.25) is 5.88 Å². The standard InChI is InChI=1S/C18H17N7O2/c1-11-20-21-16-8-7-15(22-25(11)16)12-5-4-6-13(9-12)19-17(26)14-10-24(2)23-18(14)27-3/h4-10H,1-3H3,(H,19,26). The lowest BCUT2D eigenvalue weighted by Crippen LogP contribution is -2.12. The van der Waals surface area contributed by atoms with Crippen LogP contribution in [-0.4, -0.2) is 42.6 Å².